The number of imidazole rings is 1. The number of nitrogens with one attached hydrogen (secondary N) is 1. The van der Waals surface area contributed by atoms with Crippen LogP contribution in [-0.2, 0) is 6.54 Å². The maximum atomic E-state index is 13.2. The molecule has 1 aromatic carbocycles. The lowest BCUT2D eigenvalue weighted by Gasteiger charge is -2.23. The molecule has 7 nitrogen and oxygen atoms in total. The quantitative estimate of drug-likeness (QED) is 0.530. The van der Waals surface area contributed by atoms with E-state index in [2.05, 4.69) is 20.4 Å². The number of hydrogen-bond acceptors (Lipinski definition) is 6. The van der Waals surface area contributed by atoms with Crippen LogP contribution >= 0.6 is 0 Å². The molecular formula is C19H18FN7. The molecule has 0 saturated heterocycles. The SMILES string of the molecule is CNN(Cc1ccc2nccn2c1)c1nc(-c2ccc(F)cc2)cnc1N. The van der Waals surface area contributed by atoms with Crippen molar-refractivity contribution in [3.05, 3.63) is 72.6 Å². The van der Waals surface area contributed by atoms with E-state index in [-0.39, 0.29) is 5.82 Å². The lowest BCUT2D eigenvalue weighted by molar-refractivity contribution is 0.628. The third-order valence-corrected chi connectivity index (χ3v) is 4.24. The molecule has 0 aliphatic carbocycles. The van der Waals surface area contributed by atoms with Crippen LogP contribution in [0.4, 0.5) is 16.0 Å². The summed E-state index contributed by atoms with van der Waals surface area (Å²) in [4.78, 5) is 13.1. The summed E-state index contributed by atoms with van der Waals surface area (Å²) in [5.74, 6) is 0.512. The van der Waals surface area contributed by atoms with Crippen LogP contribution < -0.4 is 16.2 Å². The van der Waals surface area contributed by atoms with Crippen LogP contribution in [0.1, 0.15) is 5.56 Å². The summed E-state index contributed by atoms with van der Waals surface area (Å²) < 4.78 is 15.1. The van der Waals surface area contributed by atoms with Gasteiger partial charge in [0.2, 0.25) is 0 Å². The highest BCUT2D eigenvalue weighted by Gasteiger charge is 2.14. The normalized spacial score (nSPS) is 11.0. The number of anilines is 2. The molecular weight excluding hydrogens is 345 g/mol. The number of nitrogens with two attached hydrogens (primary N) is 1. The summed E-state index contributed by atoms with van der Waals surface area (Å²) in [7, 11) is 1.79. The number of halogens is 1. The molecule has 0 saturated carbocycles. The van der Waals surface area contributed by atoms with E-state index in [0.29, 0.717) is 23.9 Å². The first-order valence-corrected chi connectivity index (χ1v) is 8.39. The number of benzene rings is 1. The number of fused-ring (bicyclic) bond motifs is 1. The van der Waals surface area contributed by atoms with E-state index in [1.807, 2.05) is 33.9 Å². The largest absolute Gasteiger partial charge is 0.381 e. The molecule has 3 heterocycles. The zero-order valence-corrected chi connectivity index (χ0v) is 14.7. The maximum Gasteiger partial charge on any atom is 0.186 e. The Morgan fingerprint density at radius 3 is 2.74 bits per heavy atom. The Labute approximate surface area is 155 Å². The minimum atomic E-state index is -0.297. The summed E-state index contributed by atoms with van der Waals surface area (Å²) in [5.41, 5.74) is 12.5. The van der Waals surface area contributed by atoms with Crippen molar-refractivity contribution in [3.63, 3.8) is 0 Å². The van der Waals surface area contributed by atoms with Gasteiger partial charge in [-0.3, -0.25) is 5.01 Å². The monoisotopic (exact) mass is 363 g/mol. The van der Waals surface area contributed by atoms with Gasteiger partial charge in [0.05, 0.1) is 18.4 Å². The average molecular weight is 363 g/mol. The lowest BCUT2D eigenvalue weighted by atomic mass is 10.1. The topological polar surface area (TPSA) is 84.4 Å². The standard InChI is InChI=1S/C19H18FN7/c1-22-27(12-13-2-7-17-23-8-9-26(17)11-13)19-18(21)24-10-16(25-19)14-3-5-15(20)6-4-14/h2-11,22H,12H2,1H3,(H2,21,24). The Kier molecular flexibility index (Phi) is 4.39. The van der Waals surface area contributed by atoms with Gasteiger partial charge in [-0.25, -0.2) is 24.8 Å². The molecule has 0 aliphatic heterocycles. The van der Waals surface area contributed by atoms with Crippen molar-refractivity contribution < 1.29 is 4.39 Å². The van der Waals surface area contributed by atoms with Gasteiger partial charge in [-0.2, -0.15) is 0 Å². The molecule has 3 N–H and O–H groups in total. The van der Waals surface area contributed by atoms with Gasteiger partial charge in [0, 0.05) is 31.2 Å². The highest BCUT2D eigenvalue weighted by atomic mass is 19.1. The Morgan fingerprint density at radius 1 is 1.15 bits per heavy atom. The van der Waals surface area contributed by atoms with Gasteiger partial charge in [-0.1, -0.05) is 6.07 Å². The second-order valence-electron chi connectivity index (χ2n) is 6.01. The first-order valence-electron chi connectivity index (χ1n) is 8.39. The lowest BCUT2D eigenvalue weighted by Crippen LogP contribution is -2.36. The number of nitrogens with zero attached hydrogens (tertiary/aromatic N) is 5. The molecule has 0 spiro atoms. The predicted octanol–water partition coefficient (Wildman–Crippen LogP) is 2.65. The highest BCUT2D eigenvalue weighted by Crippen LogP contribution is 2.24. The van der Waals surface area contributed by atoms with Gasteiger partial charge >= 0.3 is 0 Å². The van der Waals surface area contributed by atoms with Crippen molar-refractivity contribution in [2.75, 3.05) is 17.8 Å². The van der Waals surface area contributed by atoms with Gasteiger partial charge in [0.25, 0.3) is 0 Å². The van der Waals surface area contributed by atoms with Crippen molar-refractivity contribution in [3.8, 4) is 11.3 Å². The molecule has 0 atom stereocenters. The molecule has 0 unspecified atom stereocenters. The zero-order chi connectivity index (χ0) is 18.8. The molecule has 4 rings (SSSR count). The van der Waals surface area contributed by atoms with Gasteiger partial charge in [-0.05, 0) is 35.9 Å². The van der Waals surface area contributed by atoms with Gasteiger partial charge < -0.3 is 10.1 Å². The van der Waals surface area contributed by atoms with Crippen LogP contribution in [0.5, 0.6) is 0 Å². The van der Waals surface area contributed by atoms with Crippen molar-refractivity contribution in [2.24, 2.45) is 0 Å². The minimum absolute atomic E-state index is 0.297. The van der Waals surface area contributed by atoms with Gasteiger partial charge in [0.15, 0.2) is 11.6 Å². The summed E-state index contributed by atoms with van der Waals surface area (Å²) in [6.07, 6.45) is 7.23. The van der Waals surface area contributed by atoms with E-state index in [9.17, 15) is 4.39 Å². The van der Waals surface area contributed by atoms with E-state index in [1.165, 1.54) is 12.1 Å². The fraction of sp³-hybridized carbons (Fsp3) is 0.105. The Balaban J connectivity index is 1.66. The van der Waals surface area contributed by atoms with Crippen LogP contribution in [0, 0.1) is 5.82 Å². The molecule has 0 radical (unpaired) electrons. The molecule has 8 heteroatoms. The fourth-order valence-corrected chi connectivity index (χ4v) is 2.85. The van der Waals surface area contributed by atoms with Crippen LogP contribution in [0.15, 0.2) is 61.2 Å². The molecule has 0 aliphatic rings. The molecule has 0 fully saturated rings. The maximum absolute atomic E-state index is 13.2. The Hall–Kier alpha value is -3.52. The fourth-order valence-electron chi connectivity index (χ4n) is 2.85. The second kappa shape index (κ2) is 7.00. The van der Waals surface area contributed by atoms with E-state index in [0.717, 1.165) is 16.8 Å². The van der Waals surface area contributed by atoms with Crippen LogP contribution in [-0.4, -0.2) is 26.4 Å². The van der Waals surface area contributed by atoms with Crippen molar-refractivity contribution in [2.45, 2.75) is 6.54 Å². The summed E-state index contributed by atoms with van der Waals surface area (Å²) in [6, 6.07) is 10.1. The molecule has 0 amide bonds. The molecule has 27 heavy (non-hydrogen) atoms. The molecule has 4 aromatic rings. The first kappa shape index (κ1) is 16.9. The zero-order valence-electron chi connectivity index (χ0n) is 14.7. The van der Waals surface area contributed by atoms with E-state index >= 15 is 0 Å². The first-order chi connectivity index (χ1) is 13.1. The van der Waals surface area contributed by atoms with E-state index in [4.69, 9.17) is 5.73 Å². The van der Waals surface area contributed by atoms with E-state index in [1.54, 1.807) is 31.6 Å². The van der Waals surface area contributed by atoms with Crippen molar-refractivity contribution in [1.29, 1.82) is 0 Å². The Morgan fingerprint density at radius 2 is 1.96 bits per heavy atom. The summed E-state index contributed by atoms with van der Waals surface area (Å²) in [6.45, 7) is 0.524. The van der Waals surface area contributed by atoms with Crippen molar-refractivity contribution in [1.82, 2.24) is 24.8 Å². The smallest absolute Gasteiger partial charge is 0.186 e. The highest BCUT2D eigenvalue weighted by molar-refractivity contribution is 5.65. The number of rotatable bonds is 5. The summed E-state index contributed by atoms with van der Waals surface area (Å²) in [5, 5.41) is 1.81. The third-order valence-electron chi connectivity index (χ3n) is 4.24. The molecule has 136 valence electrons. The number of aromatic nitrogens is 4. The minimum Gasteiger partial charge on any atom is -0.381 e. The number of nitrogen functional groups attached to an aromatic ring is 1. The van der Waals surface area contributed by atoms with Crippen LogP contribution in [0.25, 0.3) is 16.9 Å². The number of pyridine rings is 1. The number of hydrogen-bond donors (Lipinski definition) is 2. The van der Waals surface area contributed by atoms with E-state index < -0.39 is 0 Å². The van der Waals surface area contributed by atoms with Crippen LogP contribution in [0.2, 0.25) is 0 Å². The molecule has 0 bridgehead atoms. The van der Waals surface area contributed by atoms with Crippen molar-refractivity contribution >= 4 is 17.3 Å². The predicted molar refractivity (Wildman–Crippen MR) is 102 cm³/mol. The van der Waals surface area contributed by atoms with Gasteiger partial charge in [-0.15, -0.1) is 0 Å². The van der Waals surface area contributed by atoms with Crippen LogP contribution in [0.3, 0.4) is 0 Å². The third kappa shape index (κ3) is 3.42. The van der Waals surface area contributed by atoms with Gasteiger partial charge in [0.1, 0.15) is 11.5 Å². The molecule has 3 aromatic heterocycles. The summed E-state index contributed by atoms with van der Waals surface area (Å²) >= 11 is 0. The number of hydrazine groups is 1. The average Bonchev–Trinajstić information content (AvgIpc) is 3.15. The Bertz CT molecular complexity index is 1080. The second-order valence-corrected chi connectivity index (χ2v) is 6.01.